The molecule has 11 heteroatoms. The molecule has 0 aliphatic carbocycles. The Labute approximate surface area is 190 Å². The summed E-state index contributed by atoms with van der Waals surface area (Å²) in [5.74, 6) is -1.01. The lowest BCUT2D eigenvalue weighted by atomic mass is 9.90. The smallest absolute Gasteiger partial charge is 0.410 e. The van der Waals surface area contributed by atoms with Crippen LogP contribution in [0.25, 0.3) is 0 Å². The molecule has 1 N–H and O–H groups in total. The van der Waals surface area contributed by atoms with Crippen molar-refractivity contribution in [3.05, 3.63) is 48.1 Å². The molecule has 0 bridgehead atoms. The van der Waals surface area contributed by atoms with Gasteiger partial charge in [-0.05, 0) is 33.3 Å². The fourth-order valence-electron chi connectivity index (χ4n) is 3.42. The van der Waals surface area contributed by atoms with Crippen molar-refractivity contribution in [2.45, 2.75) is 44.9 Å². The molecule has 1 saturated heterocycles. The largest absolute Gasteiger partial charge is 0.444 e. The highest BCUT2D eigenvalue weighted by atomic mass is 32.2. The molecule has 1 aromatic carbocycles. The van der Waals surface area contributed by atoms with Crippen molar-refractivity contribution in [1.82, 2.24) is 24.0 Å². The number of rotatable bonds is 7. The summed E-state index contributed by atoms with van der Waals surface area (Å²) < 4.78 is 36.8. The second kappa shape index (κ2) is 10.1. The topological polar surface area (TPSA) is 83.7 Å². The number of carbonyl (C=O) groups excluding carboxylic acids is 1. The zero-order valence-electron chi connectivity index (χ0n) is 18.5. The van der Waals surface area contributed by atoms with Crippen LogP contribution >= 0.6 is 11.9 Å². The molecule has 1 amide bonds. The van der Waals surface area contributed by atoms with Crippen LogP contribution in [-0.4, -0.2) is 72.7 Å². The van der Waals surface area contributed by atoms with Crippen molar-refractivity contribution in [3.8, 4) is 0 Å². The third kappa shape index (κ3) is 6.63. The Morgan fingerprint density at radius 3 is 2.53 bits per heavy atom. The van der Waals surface area contributed by atoms with Gasteiger partial charge in [0.2, 0.25) is 0 Å². The molecule has 1 fully saturated rings. The first-order valence-corrected chi connectivity index (χ1v) is 11.4. The lowest BCUT2D eigenvalue weighted by Gasteiger charge is -2.35. The van der Waals surface area contributed by atoms with Gasteiger partial charge in [0.05, 0.1) is 6.54 Å². The summed E-state index contributed by atoms with van der Waals surface area (Å²) in [4.78, 5) is 17.7. The van der Waals surface area contributed by atoms with Crippen LogP contribution in [-0.2, 0) is 16.9 Å². The molecular weight excluding hydrogens is 440 g/mol. The molecule has 2 heterocycles. The van der Waals surface area contributed by atoms with E-state index < -0.39 is 22.8 Å². The van der Waals surface area contributed by atoms with Gasteiger partial charge in [-0.25, -0.2) is 27.5 Å². The van der Waals surface area contributed by atoms with Gasteiger partial charge in [0.15, 0.2) is 0 Å². The fourth-order valence-corrected chi connectivity index (χ4v) is 4.53. The maximum absolute atomic E-state index is 14.5. The van der Waals surface area contributed by atoms with Crippen LogP contribution in [0, 0.1) is 11.6 Å². The minimum absolute atomic E-state index is 0.0114. The molecule has 0 saturated carbocycles. The van der Waals surface area contributed by atoms with E-state index in [4.69, 9.17) is 4.74 Å². The van der Waals surface area contributed by atoms with Crippen LogP contribution in [0.4, 0.5) is 13.6 Å². The van der Waals surface area contributed by atoms with Crippen molar-refractivity contribution in [2.75, 3.05) is 31.9 Å². The molecule has 176 valence electrons. The lowest BCUT2D eigenvalue weighted by Crippen LogP contribution is -2.48. The van der Waals surface area contributed by atoms with E-state index in [1.54, 1.807) is 4.90 Å². The van der Waals surface area contributed by atoms with Gasteiger partial charge in [-0.15, -0.1) is 0 Å². The number of aromatic nitrogens is 3. The van der Waals surface area contributed by atoms with Gasteiger partial charge in [0.1, 0.15) is 35.5 Å². The monoisotopic (exact) mass is 469 g/mol. The fraction of sp³-hybridized carbons (Fsp3) is 0.571. The van der Waals surface area contributed by atoms with Crippen molar-refractivity contribution in [3.63, 3.8) is 0 Å². The predicted octanol–water partition coefficient (Wildman–Crippen LogP) is 3.04. The number of nitrogens with zero attached hydrogens (tertiary/aromatic N) is 5. The summed E-state index contributed by atoms with van der Waals surface area (Å²) in [7, 11) is 0. The Bertz CT molecular complexity index is 901. The third-order valence-corrected chi connectivity index (χ3v) is 6.12. The highest BCUT2D eigenvalue weighted by molar-refractivity contribution is 7.97. The maximum atomic E-state index is 14.5. The Balaban J connectivity index is 1.57. The van der Waals surface area contributed by atoms with E-state index in [1.165, 1.54) is 35.4 Å². The standard InChI is InChI=1S/C21H29F2N5O3S/c1-20(2,3)31-19(29)26-7-9-28(10-8-26)32-11-6-21(30,13-27-15-24-14-25-27)17-5-4-16(22)12-18(17)23/h4-5,12,14-15,30H,6-11,13H2,1-3H3/t21-/m0/s1. The number of piperazine rings is 1. The summed E-state index contributed by atoms with van der Waals surface area (Å²) in [5, 5.41) is 15.3. The van der Waals surface area contributed by atoms with Crippen molar-refractivity contribution in [2.24, 2.45) is 0 Å². The summed E-state index contributed by atoms with van der Waals surface area (Å²) in [6, 6.07) is 3.17. The molecule has 0 unspecified atom stereocenters. The van der Waals surface area contributed by atoms with Gasteiger partial charge < -0.3 is 14.7 Å². The maximum Gasteiger partial charge on any atom is 0.410 e. The van der Waals surface area contributed by atoms with Crippen LogP contribution in [0.5, 0.6) is 0 Å². The van der Waals surface area contributed by atoms with E-state index in [9.17, 15) is 18.7 Å². The molecule has 1 aliphatic heterocycles. The Morgan fingerprint density at radius 2 is 1.94 bits per heavy atom. The number of ether oxygens (including phenoxy) is 1. The van der Waals surface area contributed by atoms with Crippen LogP contribution < -0.4 is 0 Å². The first-order chi connectivity index (χ1) is 15.1. The number of aliphatic hydroxyl groups is 1. The second-order valence-electron chi connectivity index (χ2n) is 8.73. The number of amides is 1. The summed E-state index contributed by atoms with van der Waals surface area (Å²) in [6.45, 7) is 7.87. The molecule has 32 heavy (non-hydrogen) atoms. The number of benzene rings is 1. The quantitative estimate of drug-likeness (QED) is 0.624. The molecule has 0 spiro atoms. The predicted molar refractivity (Wildman–Crippen MR) is 117 cm³/mol. The number of hydrogen-bond donors (Lipinski definition) is 1. The van der Waals surface area contributed by atoms with Crippen LogP contribution in [0.3, 0.4) is 0 Å². The molecule has 3 rings (SSSR count). The Morgan fingerprint density at radius 1 is 1.22 bits per heavy atom. The van der Waals surface area contributed by atoms with Gasteiger partial charge in [0.25, 0.3) is 0 Å². The van der Waals surface area contributed by atoms with E-state index in [1.807, 2.05) is 20.8 Å². The van der Waals surface area contributed by atoms with Crippen LogP contribution in [0.2, 0.25) is 0 Å². The Hall–Kier alpha value is -2.24. The van der Waals surface area contributed by atoms with Gasteiger partial charge >= 0.3 is 6.09 Å². The molecular formula is C21H29F2N5O3S. The van der Waals surface area contributed by atoms with E-state index in [0.717, 1.165) is 12.1 Å². The van der Waals surface area contributed by atoms with Gasteiger partial charge in [-0.2, -0.15) is 5.10 Å². The molecule has 0 radical (unpaired) electrons. The van der Waals surface area contributed by atoms with Crippen molar-refractivity contribution >= 4 is 18.0 Å². The van der Waals surface area contributed by atoms with Gasteiger partial charge in [0, 0.05) is 43.6 Å². The number of hydrogen-bond acceptors (Lipinski definition) is 7. The second-order valence-corrected chi connectivity index (χ2v) is 9.91. The third-order valence-electron chi connectivity index (χ3n) is 5.00. The van der Waals surface area contributed by atoms with Crippen molar-refractivity contribution < 1.29 is 23.4 Å². The minimum atomic E-state index is -1.59. The molecule has 2 aromatic rings. The van der Waals surface area contributed by atoms with E-state index in [2.05, 4.69) is 14.4 Å². The van der Waals surface area contributed by atoms with Gasteiger partial charge in [-0.1, -0.05) is 18.0 Å². The van der Waals surface area contributed by atoms with E-state index in [-0.39, 0.29) is 24.6 Å². The summed E-state index contributed by atoms with van der Waals surface area (Å²) >= 11 is 1.52. The molecule has 8 nitrogen and oxygen atoms in total. The van der Waals surface area contributed by atoms with Crippen molar-refractivity contribution in [1.29, 1.82) is 0 Å². The number of halogens is 2. The normalized spacial score (nSPS) is 17.2. The Kier molecular flexibility index (Phi) is 7.73. The number of carbonyl (C=O) groups is 1. The molecule has 1 aromatic heterocycles. The molecule has 1 aliphatic rings. The van der Waals surface area contributed by atoms with Crippen LogP contribution in [0.15, 0.2) is 30.9 Å². The zero-order valence-corrected chi connectivity index (χ0v) is 19.3. The highest BCUT2D eigenvalue weighted by Crippen LogP contribution is 2.32. The first-order valence-electron chi connectivity index (χ1n) is 10.4. The van der Waals surface area contributed by atoms with Gasteiger partial charge in [-0.3, -0.25) is 0 Å². The first kappa shape index (κ1) is 24.4. The molecule has 1 atom stereocenters. The van der Waals surface area contributed by atoms with Crippen LogP contribution in [0.1, 0.15) is 32.8 Å². The summed E-state index contributed by atoms with van der Waals surface area (Å²) in [6.07, 6.45) is 2.67. The average molecular weight is 470 g/mol. The minimum Gasteiger partial charge on any atom is -0.444 e. The highest BCUT2D eigenvalue weighted by Gasteiger charge is 2.34. The zero-order chi connectivity index (χ0) is 23.4. The lowest BCUT2D eigenvalue weighted by molar-refractivity contribution is 0.00855. The summed E-state index contributed by atoms with van der Waals surface area (Å²) in [5.41, 5.74) is -2.10. The SMILES string of the molecule is CC(C)(C)OC(=O)N1CCN(SCC[C@](O)(Cn2cncn2)c2ccc(F)cc2F)CC1. The van der Waals surface area contributed by atoms with E-state index in [0.29, 0.717) is 31.9 Å². The average Bonchev–Trinajstić information content (AvgIpc) is 3.19. The van der Waals surface area contributed by atoms with E-state index >= 15 is 0 Å².